The molecule has 1 heterocycles. The summed E-state index contributed by atoms with van der Waals surface area (Å²) in [6.45, 7) is 1.56. The lowest BCUT2D eigenvalue weighted by Crippen LogP contribution is -2.20. The van der Waals surface area contributed by atoms with Crippen molar-refractivity contribution in [3.63, 3.8) is 0 Å². The van der Waals surface area contributed by atoms with Crippen molar-refractivity contribution in [2.75, 3.05) is 0 Å². The summed E-state index contributed by atoms with van der Waals surface area (Å²) in [5.41, 5.74) is -0.861. The Bertz CT molecular complexity index is 324. The Morgan fingerprint density at radius 2 is 2.17 bits per heavy atom. The number of nitrogens with zero attached hydrogens (tertiary/aromatic N) is 1. The van der Waals surface area contributed by atoms with Crippen molar-refractivity contribution >= 4 is 11.3 Å². The molecule has 0 radical (unpaired) electrons. The number of rotatable bonds is 1. The maximum absolute atomic E-state index is 12.1. The number of halogens is 3. The van der Waals surface area contributed by atoms with E-state index in [1.54, 1.807) is 0 Å². The van der Waals surface area contributed by atoms with Gasteiger partial charge in [-0.15, -0.1) is 0 Å². The van der Waals surface area contributed by atoms with E-state index in [0.717, 1.165) is 5.38 Å². The van der Waals surface area contributed by atoms with E-state index in [1.807, 2.05) is 0 Å². The molecule has 0 amide bonds. The molecule has 0 atom stereocenters. The summed E-state index contributed by atoms with van der Waals surface area (Å²) in [6, 6.07) is 0. The molecular formula is C6H6F3NOS. The van der Waals surface area contributed by atoms with E-state index in [2.05, 4.69) is 0 Å². The van der Waals surface area contributed by atoms with Crippen LogP contribution in [0, 0.1) is 0 Å². The molecule has 12 heavy (non-hydrogen) atoms. The molecule has 0 spiro atoms. The van der Waals surface area contributed by atoms with E-state index in [-0.39, 0.29) is 6.54 Å². The average Bonchev–Trinajstić information content (AvgIpc) is 2.29. The molecule has 1 aromatic rings. The first-order chi connectivity index (χ1) is 5.46. The Kier molecular flexibility index (Phi) is 2.27. The van der Waals surface area contributed by atoms with Crippen LogP contribution < -0.4 is 4.87 Å². The van der Waals surface area contributed by atoms with Crippen molar-refractivity contribution < 1.29 is 13.2 Å². The summed E-state index contributed by atoms with van der Waals surface area (Å²) in [4.78, 5) is 10.2. The molecular weight excluding hydrogens is 191 g/mol. The molecule has 1 rings (SSSR count). The van der Waals surface area contributed by atoms with Crippen molar-refractivity contribution in [3.05, 3.63) is 20.7 Å². The van der Waals surface area contributed by atoms with Crippen LogP contribution in [0.15, 0.2) is 10.2 Å². The highest BCUT2D eigenvalue weighted by Gasteiger charge is 2.34. The van der Waals surface area contributed by atoms with Gasteiger partial charge in [-0.2, -0.15) is 13.2 Å². The van der Waals surface area contributed by atoms with E-state index in [4.69, 9.17) is 0 Å². The van der Waals surface area contributed by atoms with E-state index in [9.17, 15) is 18.0 Å². The summed E-state index contributed by atoms with van der Waals surface area (Å²) in [5.74, 6) is 0. The zero-order valence-electron chi connectivity index (χ0n) is 6.18. The molecule has 0 bridgehead atoms. The minimum absolute atomic E-state index is 0.0528. The van der Waals surface area contributed by atoms with Gasteiger partial charge in [0.1, 0.15) is 5.69 Å². The van der Waals surface area contributed by atoms with Gasteiger partial charge in [0.05, 0.1) is 0 Å². The molecule has 0 N–H and O–H groups in total. The normalized spacial score (nSPS) is 12.0. The van der Waals surface area contributed by atoms with Crippen LogP contribution in [0.2, 0.25) is 0 Å². The molecule has 1 aromatic heterocycles. The number of aromatic nitrogens is 1. The molecule has 0 aliphatic carbocycles. The number of thiazole rings is 1. The van der Waals surface area contributed by atoms with E-state index >= 15 is 0 Å². The van der Waals surface area contributed by atoms with Crippen LogP contribution in [-0.2, 0) is 12.7 Å². The molecule has 0 fully saturated rings. The van der Waals surface area contributed by atoms with Crippen LogP contribution in [0.5, 0.6) is 0 Å². The third-order valence-electron chi connectivity index (χ3n) is 1.39. The quantitative estimate of drug-likeness (QED) is 0.674. The summed E-state index contributed by atoms with van der Waals surface area (Å²) in [6.07, 6.45) is -4.42. The molecule has 0 unspecified atom stereocenters. The molecule has 2 nitrogen and oxygen atoms in total. The third kappa shape index (κ3) is 1.52. The second-order valence-electron chi connectivity index (χ2n) is 2.13. The van der Waals surface area contributed by atoms with E-state index in [1.165, 1.54) is 6.92 Å². The lowest BCUT2D eigenvalue weighted by Gasteiger charge is -2.07. The standard InChI is InChI=1S/C6H6F3NOS/c1-2-10-4(6(7,8)9)3-12-5(10)11/h3H,2H2,1H3. The first-order valence-electron chi connectivity index (χ1n) is 3.22. The first-order valence-corrected chi connectivity index (χ1v) is 4.10. The zero-order chi connectivity index (χ0) is 9.35. The molecule has 0 saturated heterocycles. The molecule has 0 aliphatic heterocycles. The summed E-state index contributed by atoms with van der Waals surface area (Å²) >= 11 is 0.570. The van der Waals surface area contributed by atoms with Crippen LogP contribution in [0.4, 0.5) is 13.2 Å². The van der Waals surface area contributed by atoms with Gasteiger partial charge in [-0.25, -0.2) is 0 Å². The van der Waals surface area contributed by atoms with Crippen molar-refractivity contribution in [1.82, 2.24) is 4.57 Å². The highest BCUT2D eigenvalue weighted by molar-refractivity contribution is 7.07. The van der Waals surface area contributed by atoms with Crippen LogP contribution in [-0.4, -0.2) is 4.57 Å². The Hall–Kier alpha value is -0.780. The van der Waals surface area contributed by atoms with E-state index < -0.39 is 16.7 Å². The first kappa shape index (κ1) is 9.31. The molecule has 68 valence electrons. The van der Waals surface area contributed by atoms with Gasteiger partial charge >= 0.3 is 11.0 Å². The van der Waals surface area contributed by atoms with Crippen LogP contribution >= 0.6 is 11.3 Å². The van der Waals surface area contributed by atoms with E-state index in [0.29, 0.717) is 15.9 Å². The second-order valence-corrected chi connectivity index (χ2v) is 2.95. The number of alkyl halides is 3. The maximum Gasteiger partial charge on any atom is 0.432 e. The maximum atomic E-state index is 12.1. The van der Waals surface area contributed by atoms with Gasteiger partial charge in [0.15, 0.2) is 0 Å². The monoisotopic (exact) mass is 197 g/mol. The second kappa shape index (κ2) is 2.93. The van der Waals surface area contributed by atoms with Crippen molar-refractivity contribution in [3.8, 4) is 0 Å². The van der Waals surface area contributed by atoms with Crippen LogP contribution in [0.1, 0.15) is 12.6 Å². The highest BCUT2D eigenvalue weighted by atomic mass is 32.1. The number of hydrogen-bond acceptors (Lipinski definition) is 2. The molecule has 0 saturated carbocycles. The fraction of sp³-hybridized carbons (Fsp3) is 0.500. The minimum atomic E-state index is -4.42. The number of hydrogen-bond donors (Lipinski definition) is 0. The Labute approximate surface area is 70.3 Å². The summed E-state index contributed by atoms with van der Waals surface area (Å²) in [5, 5.41) is 0.839. The smallest absolute Gasteiger partial charge is 0.295 e. The van der Waals surface area contributed by atoms with Crippen molar-refractivity contribution in [1.29, 1.82) is 0 Å². The topological polar surface area (TPSA) is 22.0 Å². The van der Waals surface area contributed by atoms with Gasteiger partial charge in [0, 0.05) is 11.9 Å². The molecule has 6 heteroatoms. The minimum Gasteiger partial charge on any atom is -0.295 e. The molecule has 0 aromatic carbocycles. The van der Waals surface area contributed by atoms with Crippen LogP contribution in [0.3, 0.4) is 0 Å². The van der Waals surface area contributed by atoms with Gasteiger partial charge in [-0.3, -0.25) is 9.36 Å². The van der Waals surface area contributed by atoms with Gasteiger partial charge in [-0.05, 0) is 6.92 Å². The van der Waals surface area contributed by atoms with Gasteiger partial charge < -0.3 is 0 Å². The van der Waals surface area contributed by atoms with Gasteiger partial charge in [-0.1, -0.05) is 11.3 Å². The molecule has 0 aliphatic rings. The Morgan fingerprint density at radius 3 is 2.50 bits per heavy atom. The van der Waals surface area contributed by atoms with Crippen molar-refractivity contribution in [2.24, 2.45) is 0 Å². The summed E-state index contributed by atoms with van der Waals surface area (Å²) in [7, 11) is 0. The Balaban J connectivity index is 3.26. The zero-order valence-corrected chi connectivity index (χ0v) is 7.00. The van der Waals surface area contributed by atoms with Crippen molar-refractivity contribution in [2.45, 2.75) is 19.6 Å². The Morgan fingerprint density at radius 1 is 1.58 bits per heavy atom. The average molecular weight is 197 g/mol. The lowest BCUT2D eigenvalue weighted by atomic mass is 10.4. The highest BCUT2D eigenvalue weighted by Crippen LogP contribution is 2.29. The SMILES string of the molecule is CCn1c(C(F)(F)F)csc1=O. The fourth-order valence-corrected chi connectivity index (χ4v) is 1.68. The summed E-state index contributed by atoms with van der Waals surface area (Å²) < 4.78 is 37.0. The predicted molar refractivity (Wildman–Crippen MR) is 39.3 cm³/mol. The van der Waals surface area contributed by atoms with Crippen LogP contribution in [0.25, 0.3) is 0 Å². The predicted octanol–water partition coefficient (Wildman–Crippen LogP) is 1.95. The fourth-order valence-electron chi connectivity index (χ4n) is 0.851. The van der Waals surface area contributed by atoms with Gasteiger partial charge in [0.25, 0.3) is 0 Å². The van der Waals surface area contributed by atoms with Gasteiger partial charge in [0.2, 0.25) is 0 Å². The third-order valence-corrected chi connectivity index (χ3v) is 2.15. The largest absolute Gasteiger partial charge is 0.432 e. The lowest BCUT2D eigenvalue weighted by molar-refractivity contribution is -0.143.